The van der Waals surface area contributed by atoms with Gasteiger partial charge in [-0.25, -0.2) is 5.10 Å². The van der Waals surface area contributed by atoms with Gasteiger partial charge in [-0.05, 0) is 18.2 Å². The van der Waals surface area contributed by atoms with Gasteiger partial charge in [-0.1, -0.05) is 15.9 Å². The number of aromatic amines is 1. The SMILES string of the molecule is O=c1ccc(-c2cc(Br)ccc2[N+](=O)[O-])n[nH]1. The third kappa shape index (κ3) is 2.39. The monoisotopic (exact) mass is 295 g/mol. The predicted molar refractivity (Wildman–Crippen MR) is 64.6 cm³/mol. The number of nitro benzene ring substituents is 1. The molecule has 0 saturated heterocycles. The summed E-state index contributed by atoms with van der Waals surface area (Å²) < 4.78 is 0.700. The molecule has 0 fully saturated rings. The maximum Gasteiger partial charge on any atom is 0.278 e. The second-order valence-electron chi connectivity index (χ2n) is 3.23. The van der Waals surface area contributed by atoms with Crippen LogP contribution in [-0.2, 0) is 0 Å². The van der Waals surface area contributed by atoms with Crippen LogP contribution >= 0.6 is 15.9 Å². The minimum absolute atomic E-state index is 0.0623. The number of H-pyrrole nitrogens is 1. The van der Waals surface area contributed by atoms with Crippen molar-refractivity contribution in [1.82, 2.24) is 10.2 Å². The molecule has 1 aromatic heterocycles. The molecule has 0 amide bonds. The van der Waals surface area contributed by atoms with E-state index >= 15 is 0 Å². The van der Waals surface area contributed by atoms with Gasteiger partial charge in [0, 0.05) is 16.6 Å². The first kappa shape index (κ1) is 11.5. The van der Waals surface area contributed by atoms with E-state index in [1.807, 2.05) is 0 Å². The van der Waals surface area contributed by atoms with Crippen LogP contribution in [0.3, 0.4) is 0 Å². The van der Waals surface area contributed by atoms with Gasteiger partial charge < -0.3 is 0 Å². The Bertz CT molecular complexity index is 618. The van der Waals surface area contributed by atoms with E-state index in [0.717, 1.165) is 0 Å². The molecule has 1 aromatic carbocycles. The van der Waals surface area contributed by atoms with Crippen LogP contribution in [-0.4, -0.2) is 15.1 Å². The smallest absolute Gasteiger partial charge is 0.268 e. The number of hydrogen-bond donors (Lipinski definition) is 1. The first-order valence-electron chi connectivity index (χ1n) is 4.58. The molecule has 0 bridgehead atoms. The van der Waals surface area contributed by atoms with E-state index in [9.17, 15) is 14.9 Å². The largest absolute Gasteiger partial charge is 0.278 e. The number of nitrogens with zero attached hydrogens (tertiary/aromatic N) is 2. The van der Waals surface area contributed by atoms with Crippen LogP contribution in [0.5, 0.6) is 0 Å². The van der Waals surface area contributed by atoms with E-state index in [0.29, 0.717) is 15.7 Å². The van der Waals surface area contributed by atoms with E-state index in [4.69, 9.17) is 0 Å². The average molecular weight is 296 g/mol. The summed E-state index contributed by atoms with van der Waals surface area (Å²) in [6, 6.07) is 7.25. The lowest BCUT2D eigenvalue weighted by Gasteiger charge is -2.02. The number of benzene rings is 1. The lowest BCUT2D eigenvalue weighted by atomic mass is 10.1. The van der Waals surface area contributed by atoms with Crippen molar-refractivity contribution in [3.8, 4) is 11.3 Å². The first-order chi connectivity index (χ1) is 8.08. The number of nitrogens with one attached hydrogen (secondary N) is 1. The molecule has 6 nitrogen and oxygen atoms in total. The van der Waals surface area contributed by atoms with E-state index in [-0.39, 0.29) is 11.2 Å². The highest BCUT2D eigenvalue weighted by Gasteiger charge is 2.16. The molecule has 1 heterocycles. The van der Waals surface area contributed by atoms with Crippen LogP contribution in [0.1, 0.15) is 0 Å². The van der Waals surface area contributed by atoms with Crippen molar-refractivity contribution in [3.63, 3.8) is 0 Å². The standard InChI is InChI=1S/C10H6BrN3O3/c11-6-1-3-9(14(16)17)7(5-6)8-2-4-10(15)13-12-8/h1-5H,(H,13,15). The average Bonchev–Trinajstić information content (AvgIpc) is 2.29. The Kier molecular flexibility index (Phi) is 3.01. The van der Waals surface area contributed by atoms with Gasteiger partial charge in [0.15, 0.2) is 0 Å². The Morgan fingerprint density at radius 3 is 2.65 bits per heavy atom. The summed E-state index contributed by atoms with van der Waals surface area (Å²) in [6.45, 7) is 0. The van der Waals surface area contributed by atoms with Gasteiger partial charge in [0.05, 0.1) is 16.2 Å². The van der Waals surface area contributed by atoms with Crippen molar-refractivity contribution in [1.29, 1.82) is 0 Å². The normalized spacial score (nSPS) is 10.2. The molecular formula is C10H6BrN3O3. The van der Waals surface area contributed by atoms with Crippen LogP contribution in [0, 0.1) is 10.1 Å². The summed E-state index contributed by atoms with van der Waals surface area (Å²) in [5.74, 6) is 0. The van der Waals surface area contributed by atoms with E-state index in [1.54, 1.807) is 12.1 Å². The van der Waals surface area contributed by atoms with Gasteiger partial charge in [0.25, 0.3) is 11.2 Å². The Morgan fingerprint density at radius 1 is 1.29 bits per heavy atom. The Labute approximate surface area is 104 Å². The van der Waals surface area contributed by atoms with Crippen LogP contribution in [0.4, 0.5) is 5.69 Å². The van der Waals surface area contributed by atoms with Crippen LogP contribution < -0.4 is 5.56 Å². The molecule has 17 heavy (non-hydrogen) atoms. The summed E-state index contributed by atoms with van der Waals surface area (Å²) in [4.78, 5) is 21.2. The maximum atomic E-state index is 10.9. The molecule has 0 radical (unpaired) electrons. The summed E-state index contributed by atoms with van der Waals surface area (Å²) in [7, 11) is 0. The third-order valence-electron chi connectivity index (χ3n) is 2.11. The summed E-state index contributed by atoms with van der Waals surface area (Å²) in [6.07, 6.45) is 0. The van der Waals surface area contributed by atoms with Crippen molar-refractivity contribution in [2.45, 2.75) is 0 Å². The second kappa shape index (κ2) is 4.46. The molecule has 0 aliphatic rings. The zero-order chi connectivity index (χ0) is 12.4. The fourth-order valence-electron chi connectivity index (χ4n) is 1.37. The minimum atomic E-state index is -0.492. The fraction of sp³-hybridized carbons (Fsp3) is 0. The Hall–Kier alpha value is -2.02. The van der Waals surface area contributed by atoms with Crippen molar-refractivity contribution in [2.24, 2.45) is 0 Å². The number of nitro groups is 1. The molecule has 0 atom stereocenters. The zero-order valence-corrected chi connectivity index (χ0v) is 9.97. The molecular weight excluding hydrogens is 290 g/mol. The second-order valence-corrected chi connectivity index (χ2v) is 4.14. The minimum Gasteiger partial charge on any atom is -0.268 e. The highest BCUT2D eigenvalue weighted by Crippen LogP contribution is 2.30. The van der Waals surface area contributed by atoms with E-state index in [2.05, 4.69) is 26.1 Å². The summed E-state index contributed by atoms with van der Waals surface area (Å²) >= 11 is 3.23. The zero-order valence-electron chi connectivity index (χ0n) is 8.38. The van der Waals surface area contributed by atoms with Crippen molar-refractivity contribution in [2.75, 3.05) is 0 Å². The van der Waals surface area contributed by atoms with Crippen molar-refractivity contribution in [3.05, 3.63) is 55.3 Å². The van der Waals surface area contributed by atoms with Gasteiger partial charge in [-0.2, -0.15) is 5.10 Å². The topological polar surface area (TPSA) is 88.9 Å². The highest BCUT2D eigenvalue weighted by atomic mass is 79.9. The lowest BCUT2D eigenvalue weighted by molar-refractivity contribution is -0.384. The highest BCUT2D eigenvalue weighted by molar-refractivity contribution is 9.10. The van der Waals surface area contributed by atoms with Crippen LogP contribution in [0.25, 0.3) is 11.3 Å². The molecule has 0 aliphatic heterocycles. The van der Waals surface area contributed by atoms with Gasteiger partial charge in [-0.3, -0.25) is 14.9 Å². The number of halogens is 1. The lowest BCUT2D eigenvalue weighted by Crippen LogP contribution is -2.06. The molecule has 0 spiro atoms. The molecule has 1 N–H and O–H groups in total. The van der Waals surface area contributed by atoms with Crippen LogP contribution in [0.15, 0.2) is 39.6 Å². The van der Waals surface area contributed by atoms with Crippen molar-refractivity contribution < 1.29 is 4.92 Å². The maximum absolute atomic E-state index is 10.9. The van der Waals surface area contributed by atoms with Crippen LogP contribution in [0.2, 0.25) is 0 Å². The van der Waals surface area contributed by atoms with Gasteiger partial charge in [0.1, 0.15) is 0 Å². The quantitative estimate of drug-likeness (QED) is 0.679. The molecule has 0 saturated carbocycles. The molecule has 0 aliphatic carbocycles. The molecule has 86 valence electrons. The summed E-state index contributed by atoms with van der Waals surface area (Å²) in [5.41, 5.74) is 0.275. The number of rotatable bonds is 2. The Balaban J connectivity index is 2.64. The fourth-order valence-corrected chi connectivity index (χ4v) is 1.73. The first-order valence-corrected chi connectivity index (χ1v) is 5.37. The number of aromatic nitrogens is 2. The summed E-state index contributed by atoms with van der Waals surface area (Å²) in [5, 5.41) is 16.9. The van der Waals surface area contributed by atoms with Gasteiger partial charge in [0.2, 0.25) is 0 Å². The molecule has 7 heteroatoms. The van der Waals surface area contributed by atoms with Gasteiger partial charge >= 0.3 is 0 Å². The Morgan fingerprint density at radius 2 is 2.06 bits per heavy atom. The predicted octanol–water partition coefficient (Wildman–Crippen LogP) is 2.11. The molecule has 2 aromatic rings. The van der Waals surface area contributed by atoms with E-state index < -0.39 is 4.92 Å². The molecule has 0 unspecified atom stereocenters. The van der Waals surface area contributed by atoms with Gasteiger partial charge in [-0.15, -0.1) is 0 Å². The number of hydrogen-bond acceptors (Lipinski definition) is 4. The van der Waals surface area contributed by atoms with Crippen molar-refractivity contribution >= 4 is 21.6 Å². The third-order valence-corrected chi connectivity index (χ3v) is 2.60. The molecule has 2 rings (SSSR count). The van der Waals surface area contributed by atoms with E-state index in [1.165, 1.54) is 18.2 Å².